The van der Waals surface area contributed by atoms with Crippen molar-refractivity contribution >= 4 is 23.3 Å². The van der Waals surface area contributed by atoms with Crippen molar-refractivity contribution in [2.45, 2.75) is 6.04 Å². The van der Waals surface area contributed by atoms with Gasteiger partial charge in [-0.1, -0.05) is 24.3 Å². The third-order valence-electron chi connectivity index (χ3n) is 3.72. The number of thiophene rings is 1. The Morgan fingerprint density at radius 3 is 2.27 bits per heavy atom. The zero-order valence-electron chi connectivity index (χ0n) is 13.5. The number of rotatable bonds is 5. The van der Waals surface area contributed by atoms with Crippen LogP contribution < -0.4 is 5.32 Å². The lowest BCUT2D eigenvalue weighted by atomic mass is 10.1. The van der Waals surface area contributed by atoms with Crippen LogP contribution in [0.15, 0.2) is 66.1 Å². The second kappa shape index (κ2) is 8.01. The number of carbonyl (C=O) groups excluding carboxylic acids is 1. The maximum Gasteiger partial charge on any atom is 0.244 e. The van der Waals surface area contributed by atoms with Gasteiger partial charge < -0.3 is 5.32 Å². The molecule has 1 atom stereocenters. The van der Waals surface area contributed by atoms with E-state index in [0.717, 1.165) is 29.2 Å². The summed E-state index contributed by atoms with van der Waals surface area (Å²) in [6.07, 6.45) is 2.17. The van der Waals surface area contributed by atoms with Crippen LogP contribution in [0.1, 0.15) is 22.0 Å². The van der Waals surface area contributed by atoms with Crippen molar-refractivity contribution in [1.82, 2.24) is 5.32 Å². The SMILES string of the molecule is O=C(/C=C/c1c(F)cccc1F)N[C@H](c1ccc(F)cc1)c1cccs1. The van der Waals surface area contributed by atoms with Gasteiger partial charge in [-0.25, -0.2) is 13.2 Å². The summed E-state index contributed by atoms with van der Waals surface area (Å²) in [6.45, 7) is 0. The molecular formula is C20H14F3NOS. The largest absolute Gasteiger partial charge is 0.341 e. The number of hydrogen-bond acceptors (Lipinski definition) is 2. The lowest BCUT2D eigenvalue weighted by Gasteiger charge is -2.17. The van der Waals surface area contributed by atoms with Crippen molar-refractivity contribution in [3.05, 3.63) is 99.5 Å². The molecule has 2 nitrogen and oxygen atoms in total. The van der Waals surface area contributed by atoms with Gasteiger partial charge >= 0.3 is 0 Å². The first kappa shape index (κ1) is 17.9. The van der Waals surface area contributed by atoms with Crippen LogP contribution in [-0.4, -0.2) is 5.91 Å². The van der Waals surface area contributed by atoms with Gasteiger partial charge in [0.1, 0.15) is 17.5 Å². The molecule has 0 saturated carbocycles. The fourth-order valence-corrected chi connectivity index (χ4v) is 3.25. The van der Waals surface area contributed by atoms with Gasteiger partial charge in [0.25, 0.3) is 0 Å². The van der Waals surface area contributed by atoms with Crippen LogP contribution >= 0.6 is 11.3 Å². The highest BCUT2D eigenvalue weighted by molar-refractivity contribution is 7.10. The van der Waals surface area contributed by atoms with Gasteiger partial charge in [0.05, 0.1) is 6.04 Å². The van der Waals surface area contributed by atoms with Crippen LogP contribution in [0.5, 0.6) is 0 Å². The Bertz CT molecular complexity index is 900. The number of hydrogen-bond donors (Lipinski definition) is 1. The summed E-state index contributed by atoms with van der Waals surface area (Å²) in [7, 11) is 0. The standard InChI is InChI=1S/C20H14F3NOS/c21-14-8-6-13(7-9-14)20(18-5-2-12-26-18)24-19(25)11-10-15-16(22)3-1-4-17(15)23/h1-12,20H,(H,24,25)/b11-10+/t20-/m1/s1. The summed E-state index contributed by atoms with van der Waals surface area (Å²) in [6, 6.07) is 12.5. The lowest BCUT2D eigenvalue weighted by Crippen LogP contribution is -2.27. The molecule has 0 bridgehead atoms. The molecule has 0 fully saturated rings. The van der Waals surface area contributed by atoms with E-state index in [1.54, 1.807) is 12.1 Å². The Labute approximate surface area is 152 Å². The molecule has 132 valence electrons. The minimum absolute atomic E-state index is 0.280. The third kappa shape index (κ3) is 4.21. The van der Waals surface area contributed by atoms with E-state index < -0.39 is 23.6 Å². The Hall–Kier alpha value is -2.86. The second-order valence-electron chi connectivity index (χ2n) is 5.48. The number of carbonyl (C=O) groups is 1. The van der Waals surface area contributed by atoms with E-state index in [9.17, 15) is 18.0 Å². The van der Waals surface area contributed by atoms with E-state index >= 15 is 0 Å². The predicted octanol–water partition coefficient (Wildman–Crippen LogP) is 5.08. The van der Waals surface area contributed by atoms with E-state index in [0.29, 0.717) is 5.56 Å². The van der Waals surface area contributed by atoms with Crippen molar-refractivity contribution in [3.63, 3.8) is 0 Å². The second-order valence-corrected chi connectivity index (χ2v) is 6.46. The first-order chi connectivity index (χ1) is 12.5. The minimum atomic E-state index is -0.748. The first-order valence-electron chi connectivity index (χ1n) is 7.76. The maximum atomic E-state index is 13.6. The summed E-state index contributed by atoms with van der Waals surface area (Å²) < 4.78 is 40.4. The molecule has 0 aliphatic heterocycles. The van der Waals surface area contributed by atoms with Gasteiger partial charge in [-0.3, -0.25) is 4.79 Å². The van der Waals surface area contributed by atoms with E-state index in [-0.39, 0.29) is 11.4 Å². The quantitative estimate of drug-likeness (QED) is 0.621. The Kier molecular flexibility index (Phi) is 5.53. The molecule has 0 saturated heterocycles. The smallest absolute Gasteiger partial charge is 0.244 e. The average Bonchev–Trinajstić information content (AvgIpc) is 3.14. The molecule has 0 unspecified atom stereocenters. The predicted molar refractivity (Wildman–Crippen MR) is 96.1 cm³/mol. The van der Waals surface area contributed by atoms with Crippen LogP contribution in [0.4, 0.5) is 13.2 Å². The molecule has 1 heterocycles. The zero-order chi connectivity index (χ0) is 18.5. The van der Waals surface area contributed by atoms with E-state index in [2.05, 4.69) is 5.32 Å². The molecule has 3 aromatic rings. The van der Waals surface area contributed by atoms with Gasteiger partial charge in [-0.2, -0.15) is 0 Å². The number of benzene rings is 2. The zero-order valence-corrected chi connectivity index (χ0v) is 14.3. The molecular weight excluding hydrogens is 359 g/mol. The van der Waals surface area contributed by atoms with Crippen LogP contribution in [0.3, 0.4) is 0 Å². The van der Waals surface area contributed by atoms with Crippen molar-refractivity contribution in [1.29, 1.82) is 0 Å². The van der Waals surface area contributed by atoms with Gasteiger partial charge in [-0.15, -0.1) is 11.3 Å². The summed E-state index contributed by atoms with van der Waals surface area (Å²) in [5.41, 5.74) is 0.421. The van der Waals surface area contributed by atoms with Crippen molar-refractivity contribution in [2.24, 2.45) is 0 Å². The molecule has 1 amide bonds. The molecule has 2 aromatic carbocycles. The highest BCUT2D eigenvalue weighted by atomic mass is 32.1. The van der Waals surface area contributed by atoms with E-state index in [4.69, 9.17) is 0 Å². The summed E-state index contributed by atoms with van der Waals surface area (Å²) >= 11 is 1.44. The van der Waals surface area contributed by atoms with Crippen LogP contribution in [-0.2, 0) is 4.79 Å². The first-order valence-corrected chi connectivity index (χ1v) is 8.64. The molecule has 1 N–H and O–H groups in total. The van der Waals surface area contributed by atoms with Crippen LogP contribution in [0.2, 0.25) is 0 Å². The lowest BCUT2D eigenvalue weighted by molar-refractivity contribution is -0.116. The van der Waals surface area contributed by atoms with Crippen molar-refractivity contribution < 1.29 is 18.0 Å². The van der Waals surface area contributed by atoms with Gasteiger partial charge in [0.2, 0.25) is 5.91 Å². The molecule has 3 rings (SSSR count). The average molecular weight is 373 g/mol. The van der Waals surface area contributed by atoms with E-state index in [1.807, 2.05) is 17.5 Å². The highest BCUT2D eigenvalue weighted by Crippen LogP contribution is 2.26. The molecule has 1 aromatic heterocycles. The van der Waals surface area contributed by atoms with E-state index in [1.165, 1.54) is 29.5 Å². The van der Waals surface area contributed by atoms with Crippen molar-refractivity contribution in [2.75, 3.05) is 0 Å². The summed E-state index contributed by atoms with van der Waals surface area (Å²) in [5.74, 6) is -2.39. The molecule has 6 heteroatoms. The maximum absolute atomic E-state index is 13.6. The molecule has 26 heavy (non-hydrogen) atoms. The Balaban J connectivity index is 1.82. The molecule has 0 aliphatic rings. The van der Waals surface area contributed by atoms with Gasteiger partial charge in [0, 0.05) is 16.5 Å². The topological polar surface area (TPSA) is 29.1 Å². The minimum Gasteiger partial charge on any atom is -0.341 e. The third-order valence-corrected chi connectivity index (χ3v) is 4.66. The Morgan fingerprint density at radius 1 is 0.962 bits per heavy atom. The molecule has 0 aliphatic carbocycles. The number of halogens is 3. The fraction of sp³-hybridized carbons (Fsp3) is 0.0500. The molecule has 0 spiro atoms. The monoisotopic (exact) mass is 373 g/mol. The normalized spacial score (nSPS) is 12.3. The number of nitrogens with one attached hydrogen (secondary N) is 1. The van der Waals surface area contributed by atoms with Gasteiger partial charge in [-0.05, 0) is 47.4 Å². The molecule has 0 radical (unpaired) electrons. The number of amides is 1. The summed E-state index contributed by atoms with van der Waals surface area (Å²) in [5, 5.41) is 4.65. The van der Waals surface area contributed by atoms with Crippen LogP contribution in [0.25, 0.3) is 6.08 Å². The summed E-state index contributed by atoms with van der Waals surface area (Å²) in [4.78, 5) is 13.1. The van der Waals surface area contributed by atoms with Gasteiger partial charge in [0.15, 0.2) is 0 Å². The Morgan fingerprint density at radius 2 is 1.65 bits per heavy atom. The van der Waals surface area contributed by atoms with Crippen molar-refractivity contribution in [3.8, 4) is 0 Å². The fourth-order valence-electron chi connectivity index (χ4n) is 2.45. The highest BCUT2D eigenvalue weighted by Gasteiger charge is 2.17. The van der Waals surface area contributed by atoms with Crippen LogP contribution in [0, 0.1) is 17.5 Å².